The number of benzene rings is 1. The Balaban J connectivity index is 1.48. The third kappa shape index (κ3) is 3.19. The van der Waals surface area contributed by atoms with E-state index >= 15 is 0 Å². The monoisotopic (exact) mass is 352 g/mol. The second-order valence-corrected chi connectivity index (χ2v) is 7.14. The first-order valence-electron chi connectivity index (χ1n) is 9.18. The molecule has 1 unspecified atom stereocenters. The van der Waals surface area contributed by atoms with Gasteiger partial charge in [0.1, 0.15) is 11.9 Å². The van der Waals surface area contributed by atoms with Crippen LogP contribution in [0, 0.1) is 6.92 Å². The second-order valence-electron chi connectivity index (χ2n) is 7.14. The van der Waals surface area contributed by atoms with Gasteiger partial charge in [0.2, 0.25) is 0 Å². The summed E-state index contributed by atoms with van der Waals surface area (Å²) in [6.45, 7) is 2.72. The second kappa shape index (κ2) is 7.08. The van der Waals surface area contributed by atoms with Crippen molar-refractivity contribution in [1.82, 2.24) is 9.88 Å². The minimum atomic E-state index is -0.426. The van der Waals surface area contributed by atoms with Crippen molar-refractivity contribution in [2.45, 2.75) is 44.4 Å². The molecule has 2 aliphatic rings. The molecule has 0 spiro atoms. The van der Waals surface area contributed by atoms with Crippen molar-refractivity contribution in [2.75, 3.05) is 13.7 Å². The van der Waals surface area contributed by atoms with Crippen LogP contribution in [0.1, 0.15) is 35.6 Å². The van der Waals surface area contributed by atoms with Crippen LogP contribution in [-0.4, -0.2) is 41.6 Å². The Morgan fingerprint density at radius 1 is 1.27 bits per heavy atom. The zero-order valence-corrected chi connectivity index (χ0v) is 15.2. The lowest BCUT2D eigenvalue weighted by atomic mass is 9.98. The molecule has 1 saturated heterocycles. The summed E-state index contributed by atoms with van der Waals surface area (Å²) in [4.78, 5) is 19.1. The molecule has 1 fully saturated rings. The maximum atomic E-state index is 13.1. The average molecular weight is 352 g/mol. The van der Waals surface area contributed by atoms with Gasteiger partial charge in [-0.3, -0.25) is 9.78 Å². The largest absolute Gasteiger partial charge is 0.480 e. The summed E-state index contributed by atoms with van der Waals surface area (Å²) in [6, 6.07) is 10.1. The normalized spacial score (nSPS) is 24.6. The average Bonchev–Trinajstić information content (AvgIpc) is 3.17. The van der Waals surface area contributed by atoms with Crippen molar-refractivity contribution in [1.29, 1.82) is 0 Å². The lowest BCUT2D eigenvalue weighted by Gasteiger charge is -2.33. The standard InChI is InChI=1S/C21H24N2O3/c1-14-5-7-18-15(12-14)6-8-19(26-18)21(24)23(2)17-9-11-25-20(17)16-4-3-10-22-13-16/h3-5,7,10,12-13,17,19-20H,6,8-9,11H2,1-2H3/t17-,19?,20+/m0/s1. The molecule has 1 amide bonds. The van der Waals surface area contributed by atoms with Gasteiger partial charge in [-0.15, -0.1) is 0 Å². The molecular formula is C21H24N2O3. The summed E-state index contributed by atoms with van der Waals surface area (Å²) >= 11 is 0. The molecule has 5 nitrogen and oxygen atoms in total. The predicted molar refractivity (Wildman–Crippen MR) is 98.0 cm³/mol. The van der Waals surface area contributed by atoms with Crippen molar-refractivity contribution in [3.05, 3.63) is 59.4 Å². The number of rotatable bonds is 3. The predicted octanol–water partition coefficient (Wildman–Crippen LogP) is 3.07. The first-order chi connectivity index (χ1) is 12.6. The van der Waals surface area contributed by atoms with E-state index in [9.17, 15) is 4.79 Å². The molecule has 1 aromatic carbocycles. The fraction of sp³-hybridized carbons (Fsp3) is 0.429. The van der Waals surface area contributed by atoms with Crippen LogP contribution < -0.4 is 4.74 Å². The molecule has 1 aromatic heterocycles. The van der Waals surface area contributed by atoms with Crippen LogP contribution in [-0.2, 0) is 16.0 Å². The Morgan fingerprint density at radius 2 is 2.15 bits per heavy atom. The molecule has 0 bridgehead atoms. The van der Waals surface area contributed by atoms with Gasteiger partial charge in [-0.25, -0.2) is 0 Å². The van der Waals surface area contributed by atoms with E-state index in [0.717, 1.165) is 24.2 Å². The number of hydrogen-bond acceptors (Lipinski definition) is 4. The summed E-state index contributed by atoms with van der Waals surface area (Å²) in [6.07, 6.45) is 5.42. The van der Waals surface area contributed by atoms with E-state index in [1.54, 1.807) is 6.20 Å². The third-order valence-electron chi connectivity index (χ3n) is 5.36. The van der Waals surface area contributed by atoms with Crippen molar-refractivity contribution >= 4 is 5.91 Å². The van der Waals surface area contributed by atoms with Crippen molar-refractivity contribution in [3.63, 3.8) is 0 Å². The topological polar surface area (TPSA) is 51.7 Å². The number of aromatic nitrogens is 1. The highest BCUT2D eigenvalue weighted by molar-refractivity contribution is 5.82. The summed E-state index contributed by atoms with van der Waals surface area (Å²) < 4.78 is 11.9. The van der Waals surface area contributed by atoms with E-state index in [1.807, 2.05) is 42.4 Å². The van der Waals surface area contributed by atoms with Crippen molar-refractivity contribution < 1.29 is 14.3 Å². The van der Waals surface area contributed by atoms with Gasteiger partial charge in [-0.1, -0.05) is 23.8 Å². The SMILES string of the molecule is Cc1ccc2c(c1)CCC(C(=O)N(C)[C@H]1CCO[C@@H]1c1cccnc1)O2. The lowest BCUT2D eigenvalue weighted by Crippen LogP contribution is -2.47. The van der Waals surface area contributed by atoms with Gasteiger partial charge < -0.3 is 14.4 Å². The van der Waals surface area contributed by atoms with Crippen LogP contribution in [0.3, 0.4) is 0 Å². The van der Waals surface area contributed by atoms with Crippen molar-refractivity contribution in [3.8, 4) is 5.75 Å². The van der Waals surface area contributed by atoms with Gasteiger partial charge in [0.25, 0.3) is 5.91 Å². The van der Waals surface area contributed by atoms with E-state index in [1.165, 1.54) is 11.1 Å². The highest BCUT2D eigenvalue weighted by atomic mass is 16.5. The number of carbonyl (C=O) groups is 1. The van der Waals surface area contributed by atoms with Gasteiger partial charge >= 0.3 is 0 Å². The van der Waals surface area contributed by atoms with Gasteiger partial charge in [0.15, 0.2) is 6.10 Å². The van der Waals surface area contributed by atoms with Crippen LogP contribution in [0.4, 0.5) is 0 Å². The molecule has 136 valence electrons. The van der Waals surface area contributed by atoms with Crippen LogP contribution in [0.2, 0.25) is 0 Å². The van der Waals surface area contributed by atoms with Crippen LogP contribution in [0.15, 0.2) is 42.7 Å². The number of aryl methyl sites for hydroxylation is 2. The summed E-state index contributed by atoms with van der Waals surface area (Å²) in [5, 5.41) is 0. The number of ether oxygens (including phenoxy) is 2. The number of nitrogens with zero attached hydrogens (tertiary/aromatic N) is 2. The quantitative estimate of drug-likeness (QED) is 0.852. The Bertz CT molecular complexity index is 793. The van der Waals surface area contributed by atoms with Crippen LogP contribution in [0.25, 0.3) is 0 Å². The minimum Gasteiger partial charge on any atom is -0.480 e. The maximum absolute atomic E-state index is 13.1. The van der Waals surface area contributed by atoms with Crippen molar-refractivity contribution in [2.24, 2.45) is 0 Å². The Morgan fingerprint density at radius 3 is 2.96 bits per heavy atom. The highest BCUT2D eigenvalue weighted by Crippen LogP contribution is 2.34. The fourth-order valence-corrected chi connectivity index (χ4v) is 3.92. The number of amides is 1. The number of carbonyl (C=O) groups excluding carboxylic acids is 1. The first kappa shape index (κ1) is 17.0. The van der Waals surface area contributed by atoms with Gasteiger partial charge in [-0.05, 0) is 43.9 Å². The number of fused-ring (bicyclic) bond motifs is 1. The van der Waals surface area contributed by atoms with E-state index in [-0.39, 0.29) is 18.1 Å². The summed E-state index contributed by atoms with van der Waals surface area (Å²) in [5.74, 6) is 0.862. The molecule has 26 heavy (non-hydrogen) atoms. The first-order valence-corrected chi connectivity index (χ1v) is 9.18. The number of likely N-dealkylation sites (N-methyl/N-ethyl adjacent to an activating group) is 1. The summed E-state index contributed by atoms with van der Waals surface area (Å²) in [5.41, 5.74) is 3.42. The Kier molecular flexibility index (Phi) is 4.64. The third-order valence-corrected chi connectivity index (χ3v) is 5.36. The summed E-state index contributed by atoms with van der Waals surface area (Å²) in [7, 11) is 1.86. The van der Waals surface area contributed by atoms with Gasteiger partial charge in [0.05, 0.1) is 6.04 Å². The molecule has 0 N–H and O–H groups in total. The molecule has 0 aliphatic carbocycles. The molecule has 2 aliphatic heterocycles. The molecule has 3 heterocycles. The minimum absolute atomic E-state index is 0.00900. The van der Waals surface area contributed by atoms with Crippen LogP contribution >= 0.6 is 0 Å². The van der Waals surface area contributed by atoms with Crippen LogP contribution in [0.5, 0.6) is 5.75 Å². The highest BCUT2D eigenvalue weighted by Gasteiger charge is 2.38. The lowest BCUT2D eigenvalue weighted by molar-refractivity contribution is -0.141. The zero-order chi connectivity index (χ0) is 18.1. The molecule has 3 atom stereocenters. The zero-order valence-electron chi connectivity index (χ0n) is 15.2. The smallest absolute Gasteiger partial charge is 0.263 e. The number of pyridine rings is 1. The molecule has 0 saturated carbocycles. The van der Waals surface area contributed by atoms with E-state index < -0.39 is 6.10 Å². The molecular weight excluding hydrogens is 328 g/mol. The Hall–Kier alpha value is -2.40. The fourth-order valence-electron chi connectivity index (χ4n) is 3.92. The molecule has 2 aromatic rings. The van der Waals surface area contributed by atoms with E-state index in [0.29, 0.717) is 13.0 Å². The number of hydrogen-bond donors (Lipinski definition) is 0. The maximum Gasteiger partial charge on any atom is 0.263 e. The molecule has 5 heteroatoms. The van der Waals surface area contributed by atoms with Gasteiger partial charge in [0, 0.05) is 31.6 Å². The Labute approximate surface area is 153 Å². The molecule has 0 radical (unpaired) electrons. The van der Waals surface area contributed by atoms with E-state index in [4.69, 9.17) is 9.47 Å². The van der Waals surface area contributed by atoms with Gasteiger partial charge in [-0.2, -0.15) is 0 Å². The molecule has 4 rings (SSSR count). The van der Waals surface area contributed by atoms with E-state index in [2.05, 4.69) is 18.0 Å².